The van der Waals surface area contributed by atoms with E-state index in [-0.39, 0.29) is 12.5 Å². The van der Waals surface area contributed by atoms with Crippen LogP contribution in [0.1, 0.15) is 12.0 Å². The first-order valence-electron chi connectivity index (χ1n) is 7.58. The summed E-state index contributed by atoms with van der Waals surface area (Å²) in [6, 6.07) is 7.76. The molecule has 5 nitrogen and oxygen atoms in total. The van der Waals surface area contributed by atoms with E-state index in [0.29, 0.717) is 0 Å². The van der Waals surface area contributed by atoms with Gasteiger partial charge < -0.3 is 15.4 Å². The third kappa shape index (κ3) is 5.02. The van der Waals surface area contributed by atoms with Crippen LogP contribution in [0.5, 0.6) is 5.75 Å². The van der Waals surface area contributed by atoms with E-state index in [4.69, 9.17) is 10.5 Å². The molecule has 1 aromatic rings. The second-order valence-electron chi connectivity index (χ2n) is 5.47. The largest absolute Gasteiger partial charge is 0.484 e. The number of nitrogens with zero attached hydrogens (tertiary/aromatic N) is 2. The molecule has 1 aliphatic heterocycles. The van der Waals surface area contributed by atoms with Crippen molar-refractivity contribution >= 4 is 5.91 Å². The molecule has 0 unspecified atom stereocenters. The predicted molar refractivity (Wildman–Crippen MR) is 83.4 cm³/mol. The third-order valence-electron chi connectivity index (χ3n) is 3.79. The second-order valence-corrected chi connectivity index (χ2v) is 5.47. The Bertz CT molecular complexity index is 439. The minimum atomic E-state index is 0.0639. The van der Waals surface area contributed by atoms with Crippen LogP contribution in [-0.4, -0.2) is 61.6 Å². The lowest BCUT2D eigenvalue weighted by Crippen LogP contribution is -2.50. The summed E-state index contributed by atoms with van der Waals surface area (Å²) >= 11 is 0. The van der Waals surface area contributed by atoms with Crippen molar-refractivity contribution in [1.82, 2.24) is 9.80 Å². The van der Waals surface area contributed by atoms with Crippen LogP contribution in [-0.2, 0) is 4.79 Å². The molecule has 0 spiro atoms. The zero-order valence-electron chi connectivity index (χ0n) is 12.8. The summed E-state index contributed by atoms with van der Waals surface area (Å²) in [5.41, 5.74) is 6.70. The number of rotatable bonds is 6. The van der Waals surface area contributed by atoms with E-state index in [1.54, 1.807) is 0 Å². The minimum Gasteiger partial charge on any atom is -0.484 e. The van der Waals surface area contributed by atoms with Gasteiger partial charge in [-0.2, -0.15) is 0 Å². The van der Waals surface area contributed by atoms with Crippen LogP contribution in [0.15, 0.2) is 24.3 Å². The van der Waals surface area contributed by atoms with E-state index in [0.717, 1.165) is 51.4 Å². The summed E-state index contributed by atoms with van der Waals surface area (Å²) in [5, 5.41) is 0. The van der Waals surface area contributed by atoms with Crippen molar-refractivity contribution in [2.75, 3.05) is 45.9 Å². The van der Waals surface area contributed by atoms with Gasteiger partial charge in [0.05, 0.1) is 0 Å². The lowest BCUT2D eigenvalue weighted by molar-refractivity contribution is -0.135. The van der Waals surface area contributed by atoms with Crippen LogP contribution in [0.2, 0.25) is 0 Å². The number of amides is 1. The van der Waals surface area contributed by atoms with Crippen molar-refractivity contribution in [3.63, 3.8) is 0 Å². The second kappa shape index (κ2) is 8.00. The maximum atomic E-state index is 12.1. The third-order valence-corrected chi connectivity index (χ3v) is 3.79. The van der Waals surface area contributed by atoms with Gasteiger partial charge >= 0.3 is 0 Å². The molecule has 1 saturated heterocycles. The van der Waals surface area contributed by atoms with E-state index in [9.17, 15) is 4.79 Å². The van der Waals surface area contributed by atoms with Gasteiger partial charge in [-0.1, -0.05) is 17.7 Å². The number of ether oxygens (including phenoxy) is 1. The Morgan fingerprint density at radius 2 is 1.86 bits per heavy atom. The molecule has 0 aliphatic carbocycles. The van der Waals surface area contributed by atoms with Crippen molar-refractivity contribution in [2.24, 2.45) is 5.73 Å². The Kier molecular flexibility index (Phi) is 6.02. The van der Waals surface area contributed by atoms with E-state index < -0.39 is 0 Å². The van der Waals surface area contributed by atoms with Crippen molar-refractivity contribution < 1.29 is 9.53 Å². The van der Waals surface area contributed by atoms with Crippen molar-refractivity contribution in [1.29, 1.82) is 0 Å². The summed E-state index contributed by atoms with van der Waals surface area (Å²) in [5.74, 6) is 0.810. The van der Waals surface area contributed by atoms with Crippen molar-refractivity contribution in [2.45, 2.75) is 13.3 Å². The molecule has 0 radical (unpaired) electrons. The normalized spacial score (nSPS) is 16.0. The van der Waals surface area contributed by atoms with E-state index in [2.05, 4.69) is 4.90 Å². The molecule has 1 heterocycles. The smallest absolute Gasteiger partial charge is 0.260 e. The summed E-state index contributed by atoms with van der Waals surface area (Å²) in [6.07, 6.45) is 1.02. The van der Waals surface area contributed by atoms with Gasteiger partial charge in [0.1, 0.15) is 5.75 Å². The summed E-state index contributed by atoms with van der Waals surface area (Å²) in [6.45, 7) is 7.31. The van der Waals surface area contributed by atoms with Crippen LogP contribution in [0, 0.1) is 6.92 Å². The molecule has 0 bridgehead atoms. The van der Waals surface area contributed by atoms with Crippen LogP contribution in [0.25, 0.3) is 0 Å². The highest BCUT2D eigenvalue weighted by atomic mass is 16.5. The Morgan fingerprint density at radius 3 is 2.48 bits per heavy atom. The molecular weight excluding hydrogens is 266 g/mol. The van der Waals surface area contributed by atoms with Gasteiger partial charge in [0.15, 0.2) is 6.61 Å². The average molecular weight is 291 g/mol. The maximum absolute atomic E-state index is 12.1. The van der Waals surface area contributed by atoms with Gasteiger partial charge in [-0.25, -0.2) is 0 Å². The monoisotopic (exact) mass is 291 g/mol. The number of hydrogen-bond acceptors (Lipinski definition) is 4. The molecule has 21 heavy (non-hydrogen) atoms. The number of carbonyl (C=O) groups excluding carboxylic acids is 1. The van der Waals surface area contributed by atoms with Gasteiger partial charge in [0, 0.05) is 26.2 Å². The fourth-order valence-electron chi connectivity index (χ4n) is 2.41. The molecule has 0 saturated carbocycles. The maximum Gasteiger partial charge on any atom is 0.260 e. The standard InChI is InChI=1S/C16H25N3O2/c1-14-3-5-15(6-4-14)21-13-16(20)19-11-9-18(10-12-19)8-2-7-17/h3-6H,2,7-13,17H2,1H3. The SMILES string of the molecule is Cc1ccc(OCC(=O)N2CCN(CCCN)CC2)cc1. The van der Waals surface area contributed by atoms with Crippen LogP contribution < -0.4 is 10.5 Å². The van der Waals surface area contributed by atoms with Crippen LogP contribution in [0.3, 0.4) is 0 Å². The molecule has 116 valence electrons. The highest BCUT2D eigenvalue weighted by Crippen LogP contribution is 2.11. The molecule has 0 aromatic heterocycles. The van der Waals surface area contributed by atoms with Gasteiger partial charge in [0.2, 0.25) is 0 Å². The summed E-state index contributed by atoms with van der Waals surface area (Å²) < 4.78 is 5.55. The van der Waals surface area contributed by atoms with E-state index in [1.165, 1.54) is 5.56 Å². The summed E-state index contributed by atoms with van der Waals surface area (Å²) in [7, 11) is 0. The molecular formula is C16H25N3O2. The summed E-state index contributed by atoms with van der Waals surface area (Å²) in [4.78, 5) is 16.4. The van der Waals surface area contributed by atoms with Gasteiger partial charge in [-0.15, -0.1) is 0 Å². The first-order valence-corrected chi connectivity index (χ1v) is 7.58. The first kappa shape index (κ1) is 15.8. The predicted octanol–water partition coefficient (Wildman–Crippen LogP) is 0.867. The lowest BCUT2D eigenvalue weighted by atomic mass is 10.2. The fourth-order valence-corrected chi connectivity index (χ4v) is 2.41. The van der Waals surface area contributed by atoms with Crippen LogP contribution >= 0.6 is 0 Å². The zero-order valence-corrected chi connectivity index (χ0v) is 12.8. The first-order chi connectivity index (χ1) is 10.2. The average Bonchev–Trinajstić information content (AvgIpc) is 2.52. The zero-order chi connectivity index (χ0) is 15.1. The number of carbonyl (C=O) groups is 1. The quantitative estimate of drug-likeness (QED) is 0.845. The van der Waals surface area contributed by atoms with Gasteiger partial charge in [-0.05, 0) is 38.6 Å². The highest BCUT2D eigenvalue weighted by molar-refractivity contribution is 5.77. The molecule has 1 aliphatic rings. The number of benzene rings is 1. The van der Waals surface area contributed by atoms with Gasteiger partial charge in [-0.3, -0.25) is 9.69 Å². The minimum absolute atomic E-state index is 0.0639. The Morgan fingerprint density at radius 1 is 1.19 bits per heavy atom. The number of piperazine rings is 1. The number of hydrogen-bond donors (Lipinski definition) is 1. The topological polar surface area (TPSA) is 58.8 Å². The van der Waals surface area contributed by atoms with Crippen LogP contribution in [0.4, 0.5) is 0 Å². The highest BCUT2D eigenvalue weighted by Gasteiger charge is 2.20. The van der Waals surface area contributed by atoms with E-state index in [1.807, 2.05) is 36.1 Å². The molecule has 2 rings (SSSR count). The molecule has 5 heteroatoms. The number of nitrogens with two attached hydrogens (primary N) is 1. The van der Waals surface area contributed by atoms with E-state index >= 15 is 0 Å². The van der Waals surface area contributed by atoms with Crippen molar-refractivity contribution in [3.8, 4) is 5.75 Å². The Labute approximate surface area is 126 Å². The lowest BCUT2D eigenvalue weighted by Gasteiger charge is -2.34. The Hall–Kier alpha value is -1.59. The molecule has 1 amide bonds. The van der Waals surface area contributed by atoms with Gasteiger partial charge in [0.25, 0.3) is 5.91 Å². The molecule has 2 N–H and O–H groups in total. The molecule has 0 atom stereocenters. The van der Waals surface area contributed by atoms with Crippen molar-refractivity contribution in [3.05, 3.63) is 29.8 Å². The number of aryl methyl sites for hydroxylation is 1. The Balaban J connectivity index is 1.71. The molecule has 1 fully saturated rings. The fraction of sp³-hybridized carbons (Fsp3) is 0.562. The molecule has 1 aromatic carbocycles.